The lowest BCUT2D eigenvalue weighted by Gasteiger charge is -2.13. The minimum absolute atomic E-state index is 0.270. The lowest BCUT2D eigenvalue weighted by molar-refractivity contribution is 1.03. The number of rotatable bonds is 4. The lowest BCUT2D eigenvalue weighted by Crippen LogP contribution is -2.07. The summed E-state index contributed by atoms with van der Waals surface area (Å²) in [5.41, 5.74) is 4.48. The number of nitrogens with one attached hydrogen (secondary N) is 1. The third-order valence-corrected chi connectivity index (χ3v) is 5.29. The Labute approximate surface area is 163 Å². The van der Waals surface area contributed by atoms with E-state index in [-0.39, 0.29) is 5.28 Å². The van der Waals surface area contributed by atoms with Crippen LogP contribution in [0.3, 0.4) is 0 Å². The topological polar surface area (TPSA) is 37.8 Å². The summed E-state index contributed by atoms with van der Waals surface area (Å²) < 4.78 is 0. The maximum absolute atomic E-state index is 6.22. The minimum Gasteiger partial charge on any atom is -0.366 e. The van der Waals surface area contributed by atoms with Gasteiger partial charge in [-0.25, -0.2) is 9.97 Å². The van der Waals surface area contributed by atoms with E-state index in [1.54, 1.807) is 0 Å². The molecule has 0 amide bonds. The molecule has 0 saturated heterocycles. The fraction of sp³-hybridized carbons (Fsp3) is 0.130. The van der Waals surface area contributed by atoms with Gasteiger partial charge in [0.05, 0.1) is 10.9 Å². The van der Waals surface area contributed by atoms with Crippen molar-refractivity contribution in [2.75, 3.05) is 5.32 Å². The summed E-state index contributed by atoms with van der Waals surface area (Å²) in [5.74, 6) is 1.33. The quantitative estimate of drug-likeness (QED) is 0.452. The first-order valence-electron chi connectivity index (χ1n) is 9.13. The van der Waals surface area contributed by atoms with Gasteiger partial charge in [-0.1, -0.05) is 72.8 Å². The zero-order valence-electron chi connectivity index (χ0n) is 14.6. The number of benzene rings is 3. The number of anilines is 1. The van der Waals surface area contributed by atoms with Crippen LogP contribution in [0.4, 0.5) is 5.82 Å². The highest BCUT2D eigenvalue weighted by molar-refractivity contribution is 6.29. The van der Waals surface area contributed by atoms with E-state index in [2.05, 4.69) is 63.8 Å². The standard InChI is InChI=1S/C23H18ClN3/c24-23-26-19-13-7-12-17(15-8-3-1-4-9-15)21(19)22(27-23)25-20-14-18(20)16-10-5-2-6-11-16/h1-13,18,20H,14H2,(H,25,26,27)/t18-,20+/m0/s1. The molecule has 4 heteroatoms. The van der Waals surface area contributed by atoms with Gasteiger partial charge in [-0.15, -0.1) is 0 Å². The van der Waals surface area contributed by atoms with Gasteiger partial charge in [-0.2, -0.15) is 0 Å². The number of halogens is 1. The molecule has 0 unspecified atom stereocenters. The predicted molar refractivity (Wildman–Crippen MR) is 111 cm³/mol. The Morgan fingerprint density at radius 1 is 0.815 bits per heavy atom. The highest BCUT2D eigenvalue weighted by Crippen LogP contribution is 2.44. The van der Waals surface area contributed by atoms with Crippen LogP contribution in [-0.2, 0) is 0 Å². The van der Waals surface area contributed by atoms with Crippen LogP contribution in [0.1, 0.15) is 17.9 Å². The molecular formula is C23H18ClN3. The summed E-state index contributed by atoms with van der Waals surface area (Å²) in [6.07, 6.45) is 1.10. The van der Waals surface area contributed by atoms with Gasteiger partial charge in [-0.3, -0.25) is 0 Å². The summed E-state index contributed by atoms with van der Waals surface area (Å²) in [6.45, 7) is 0. The van der Waals surface area contributed by atoms with E-state index in [0.717, 1.165) is 34.3 Å². The molecule has 1 fully saturated rings. The van der Waals surface area contributed by atoms with Crippen LogP contribution in [0.5, 0.6) is 0 Å². The molecule has 1 aromatic heterocycles. The highest BCUT2D eigenvalue weighted by Gasteiger charge is 2.38. The molecule has 4 aromatic rings. The molecule has 1 aliphatic carbocycles. The number of hydrogen-bond donors (Lipinski definition) is 1. The largest absolute Gasteiger partial charge is 0.366 e. The van der Waals surface area contributed by atoms with Crippen molar-refractivity contribution >= 4 is 28.3 Å². The van der Waals surface area contributed by atoms with Crippen LogP contribution >= 0.6 is 11.6 Å². The molecule has 0 spiro atoms. The SMILES string of the molecule is Clc1nc(N[C@@H]2C[C@H]2c2ccccc2)c2c(-c3ccccc3)cccc2n1. The molecule has 1 aliphatic rings. The second-order valence-electron chi connectivity index (χ2n) is 6.91. The number of hydrogen-bond acceptors (Lipinski definition) is 3. The number of aromatic nitrogens is 2. The molecule has 132 valence electrons. The minimum atomic E-state index is 0.270. The first-order chi connectivity index (χ1) is 13.3. The van der Waals surface area contributed by atoms with E-state index in [4.69, 9.17) is 11.6 Å². The van der Waals surface area contributed by atoms with Crippen LogP contribution in [0, 0.1) is 0 Å². The van der Waals surface area contributed by atoms with Gasteiger partial charge in [0.1, 0.15) is 5.82 Å². The Morgan fingerprint density at radius 3 is 2.33 bits per heavy atom. The average molecular weight is 372 g/mol. The third-order valence-electron chi connectivity index (χ3n) is 5.12. The summed E-state index contributed by atoms with van der Waals surface area (Å²) in [5, 5.41) is 4.91. The van der Waals surface area contributed by atoms with Crippen molar-refractivity contribution in [2.45, 2.75) is 18.4 Å². The Balaban J connectivity index is 1.56. The summed E-state index contributed by atoms with van der Waals surface area (Å²) in [6, 6.07) is 27.4. The predicted octanol–water partition coefficient (Wildman–Crippen LogP) is 5.92. The van der Waals surface area contributed by atoms with Crippen molar-refractivity contribution < 1.29 is 0 Å². The third kappa shape index (κ3) is 3.15. The molecule has 5 rings (SSSR count). The summed E-state index contributed by atoms with van der Waals surface area (Å²) >= 11 is 6.22. The first kappa shape index (κ1) is 16.3. The van der Waals surface area contributed by atoms with Crippen molar-refractivity contribution in [1.29, 1.82) is 0 Å². The van der Waals surface area contributed by atoms with Gasteiger partial charge in [0.25, 0.3) is 0 Å². The lowest BCUT2D eigenvalue weighted by atomic mass is 10.0. The second kappa shape index (κ2) is 6.67. The fourth-order valence-corrected chi connectivity index (χ4v) is 3.89. The smallest absolute Gasteiger partial charge is 0.224 e. The van der Waals surface area contributed by atoms with Crippen molar-refractivity contribution in [3.63, 3.8) is 0 Å². The van der Waals surface area contributed by atoms with Crippen molar-refractivity contribution in [3.05, 3.63) is 89.7 Å². The van der Waals surface area contributed by atoms with Crippen LogP contribution < -0.4 is 5.32 Å². The molecule has 2 atom stereocenters. The van der Waals surface area contributed by atoms with E-state index in [9.17, 15) is 0 Å². The zero-order chi connectivity index (χ0) is 18.2. The molecule has 0 bridgehead atoms. The van der Waals surface area contributed by atoms with Gasteiger partial charge in [0.2, 0.25) is 5.28 Å². The molecule has 0 aliphatic heterocycles. The van der Waals surface area contributed by atoms with E-state index >= 15 is 0 Å². The van der Waals surface area contributed by atoms with Gasteiger partial charge < -0.3 is 5.32 Å². The molecule has 27 heavy (non-hydrogen) atoms. The average Bonchev–Trinajstić information content (AvgIpc) is 3.48. The van der Waals surface area contributed by atoms with E-state index < -0.39 is 0 Å². The van der Waals surface area contributed by atoms with Crippen LogP contribution in [-0.4, -0.2) is 16.0 Å². The Morgan fingerprint density at radius 2 is 1.56 bits per heavy atom. The van der Waals surface area contributed by atoms with Crippen molar-refractivity contribution in [1.82, 2.24) is 9.97 Å². The van der Waals surface area contributed by atoms with Crippen molar-refractivity contribution in [2.24, 2.45) is 0 Å². The molecule has 3 aromatic carbocycles. The van der Waals surface area contributed by atoms with E-state index in [0.29, 0.717) is 12.0 Å². The monoisotopic (exact) mass is 371 g/mol. The Bertz CT molecular complexity index is 1100. The van der Waals surface area contributed by atoms with E-state index in [1.807, 2.05) is 30.3 Å². The summed E-state index contributed by atoms with van der Waals surface area (Å²) in [4.78, 5) is 8.98. The maximum Gasteiger partial charge on any atom is 0.224 e. The normalized spacial score (nSPS) is 18.4. The summed E-state index contributed by atoms with van der Waals surface area (Å²) in [7, 11) is 0. The van der Waals surface area contributed by atoms with Gasteiger partial charge in [0, 0.05) is 12.0 Å². The fourth-order valence-electron chi connectivity index (χ4n) is 3.72. The Hall–Kier alpha value is -2.91. The molecule has 0 radical (unpaired) electrons. The molecule has 1 saturated carbocycles. The van der Waals surface area contributed by atoms with Crippen LogP contribution in [0.15, 0.2) is 78.9 Å². The Kier molecular flexibility index (Phi) is 4.02. The van der Waals surface area contributed by atoms with E-state index in [1.165, 1.54) is 5.56 Å². The van der Waals surface area contributed by atoms with Gasteiger partial charge in [-0.05, 0) is 40.8 Å². The molecule has 1 N–H and O–H groups in total. The molecular weight excluding hydrogens is 354 g/mol. The zero-order valence-corrected chi connectivity index (χ0v) is 15.4. The van der Waals surface area contributed by atoms with Crippen LogP contribution in [0.25, 0.3) is 22.0 Å². The highest BCUT2D eigenvalue weighted by atomic mass is 35.5. The van der Waals surface area contributed by atoms with Gasteiger partial charge in [0.15, 0.2) is 0 Å². The molecule has 1 heterocycles. The number of fused-ring (bicyclic) bond motifs is 1. The second-order valence-corrected chi connectivity index (χ2v) is 7.25. The maximum atomic E-state index is 6.22. The van der Waals surface area contributed by atoms with Crippen molar-refractivity contribution in [3.8, 4) is 11.1 Å². The molecule has 3 nitrogen and oxygen atoms in total. The number of nitrogens with zero attached hydrogens (tertiary/aromatic N) is 2. The van der Waals surface area contributed by atoms with Gasteiger partial charge >= 0.3 is 0 Å². The first-order valence-corrected chi connectivity index (χ1v) is 9.50. The van der Waals surface area contributed by atoms with Crippen LogP contribution in [0.2, 0.25) is 5.28 Å².